The summed E-state index contributed by atoms with van der Waals surface area (Å²) in [6.45, 7) is 7.32. The van der Waals surface area contributed by atoms with Gasteiger partial charge in [-0.2, -0.15) is 0 Å². The van der Waals surface area contributed by atoms with Gasteiger partial charge >= 0.3 is 11.9 Å². The number of allylic oxidation sites excluding steroid dienone is 1. The van der Waals surface area contributed by atoms with E-state index < -0.39 is 101 Å². The van der Waals surface area contributed by atoms with E-state index in [1.165, 1.54) is 26.8 Å². The van der Waals surface area contributed by atoms with Crippen LogP contribution in [0.4, 0.5) is 0 Å². The Labute approximate surface area is 208 Å². The van der Waals surface area contributed by atoms with Crippen molar-refractivity contribution in [3.05, 3.63) is 11.6 Å². The fraction of sp³-hybridized carbons (Fsp3) is 0.800. The number of hydrogen-bond acceptors (Lipinski definition) is 11. The number of ether oxygens (including phenoxy) is 3. The van der Waals surface area contributed by atoms with Crippen molar-refractivity contribution in [1.82, 2.24) is 0 Å². The van der Waals surface area contributed by atoms with Crippen molar-refractivity contribution < 1.29 is 54.1 Å². The molecule has 2 heterocycles. The highest BCUT2D eigenvalue weighted by atomic mass is 16.6. The molecule has 0 aromatic carbocycles. The molecule has 13 atom stereocenters. The van der Waals surface area contributed by atoms with Crippen LogP contribution in [-0.2, 0) is 28.6 Å². The Balaban J connectivity index is 1.82. The van der Waals surface area contributed by atoms with Crippen LogP contribution in [-0.4, -0.2) is 97.7 Å². The number of Topliss-reactive ketones (excluding diaryl/α,β-unsaturated/α-hetero) is 1. The van der Waals surface area contributed by atoms with Crippen LogP contribution in [0.5, 0.6) is 0 Å². The van der Waals surface area contributed by atoms with Gasteiger partial charge in [0.1, 0.15) is 29.5 Å². The maximum atomic E-state index is 13.8. The van der Waals surface area contributed by atoms with Crippen LogP contribution in [0.15, 0.2) is 11.6 Å². The number of carbonyl (C=O) groups is 3. The molecular formula is C25H34O11. The van der Waals surface area contributed by atoms with Crippen molar-refractivity contribution in [3.8, 4) is 0 Å². The van der Waals surface area contributed by atoms with E-state index in [0.717, 1.165) is 0 Å². The van der Waals surface area contributed by atoms with Crippen molar-refractivity contribution in [3.63, 3.8) is 0 Å². The summed E-state index contributed by atoms with van der Waals surface area (Å²) in [6.07, 6.45) is -8.17. The van der Waals surface area contributed by atoms with E-state index in [2.05, 4.69) is 0 Å². The van der Waals surface area contributed by atoms with Crippen molar-refractivity contribution in [2.45, 2.75) is 88.9 Å². The summed E-state index contributed by atoms with van der Waals surface area (Å²) in [5, 5.41) is 56.7. The predicted molar refractivity (Wildman–Crippen MR) is 119 cm³/mol. The third-order valence-electron chi connectivity index (χ3n) is 10.3. The Hall–Kier alpha value is -1.89. The van der Waals surface area contributed by atoms with E-state index in [1.807, 2.05) is 0 Å². The summed E-state index contributed by atoms with van der Waals surface area (Å²) in [5.74, 6) is -5.21. The monoisotopic (exact) mass is 510 g/mol. The van der Waals surface area contributed by atoms with Gasteiger partial charge in [-0.25, -0.2) is 9.59 Å². The number of rotatable bonds is 2. The first-order chi connectivity index (χ1) is 16.7. The maximum absolute atomic E-state index is 13.8. The van der Waals surface area contributed by atoms with Gasteiger partial charge in [0.15, 0.2) is 18.0 Å². The van der Waals surface area contributed by atoms with Crippen LogP contribution in [0.25, 0.3) is 0 Å². The van der Waals surface area contributed by atoms with Crippen molar-refractivity contribution in [2.24, 2.45) is 28.6 Å². The molecule has 11 nitrogen and oxygen atoms in total. The molecule has 2 aliphatic heterocycles. The molecule has 5 aliphatic rings. The van der Waals surface area contributed by atoms with Gasteiger partial charge in [0.25, 0.3) is 0 Å². The average molecular weight is 511 g/mol. The Kier molecular flexibility index (Phi) is 5.42. The summed E-state index contributed by atoms with van der Waals surface area (Å²) in [4.78, 5) is 39.8. The predicted octanol–water partition coefficient (Wildman–Crippen LogP) is -1.39. The second kappa shape index (κ2) is 7.58. The van der Waals surface area contributed by atoms with E-state index >= 15 is 0 Å². The highest BCUT2D eigenvalue weighted by Crippen LogP contribution is 2.73. The SMILES string of the molecule is C/C=C(\C)C(=O)O[C@@H]1[C@H]2[C@H](C)C[C@H](O)C(=O)[C@]2(C)[C@H]2[C@@H](O)[C@H](O)[C@@]3(C)OC[C@@]24[C@@H]1OC(=O)[C@H](O)[C@]43O. The van der Waals surface area contributed by atoms with E-state index in [9.17, 15) is 39.9 Å². The fourth-order valence-electron chi connectivity index (χ4n) is 8.52. The molecule has 200 valence electrons. The summed E-state index contributed by atoms with van der Waals surface area (Å²) in [7, 11) is 0. The van der Waals surface area contributed by atoms with Crippen LogP contribution < -0.4 is 0 Å². The van der Waals surface area contributed by atoms with Gasteiger partial charge in [-0.3, -0.25) is 4.79 Å². The largest absolute Gasteiger partial charge is 0.456 e. The lowest BCUT2D eigenvalue weighted by Gasteiger charge is -2.71. The average Bonchev–Trinajstić information content (AvgIpc) is 3.01. The van der Waals surface area contributed by atoms with Crippen molar-refractivity contribution in [1.29, 1.82) is 0 Å². The summed E-state index contributed by atoms with van der Waals surface area (Å²) >= 11 is 0. The van der Waals surface area contributed by atoms with Gasteiger partial charge in [-0.05, 0) is 33.1 Å². The van der Waals surface area contributed by atoms with Crippen molar-refractivity contribution in [2.75, 3.05) is 6.61 Å². The molecule has 5 fully saturated rings. The normalized spacial score (nSPS) is 55.9. The van der Waals surface area contributed by atoms with Crippen LogP contribution >= 0.6 is 0 Å². The van der Waals surface area contributed by atoms with Gasteiger partial charge in [-0.1, -0.05) is 19.9 Å². The quantitative estimate of drug-likeness (QED) is 0.218. The summed E-state index contributed by atoms with van der Waals surface area (Å²) in [6, 6.07) is 0. The molecule has 2 saturated heterocycles. The van der Waals surface area contributed by atoms with E-state index in [1.54, 1.807) is 13.8 Å². The van der Waals surface area contributed by atoms with E-state index in [-0.39, 0.29) is 12.0 Å². The van der Waals surface area contributed by atoms with Gasteiger partial charge < -0.3 is 39.7 Å². The first-order valence-electron chi connectivity index (χ1n) is 12.3. The van der Waals surface area contributed by atoms with Gasteiger partial charge in [0.05, 0.1) is 18.1 Å². The molecule has 3 aliphatic carbocycles. The zero-order chi connectivity index (χ0) is 26.7. The zero-order valence-electron chi connectivity index (χ0n) is 20.9. The highest BCUT2D eigenvalue weighted by Gasteiger charge is 2.90. The second-order valence-corrected chi connectivity index (χ2v) is 11.6. The Morgan fingerprint density at radius 1 is 1.17 bits per heavy atom. The molecule has 3 saturated carbocycles. The smallest absolute Gasteiger partial charge is 0.338 e. The first kappa shape index (κ1) is 25.7. The molecule has 5 rings (SSSR count). The Morgan fingerprint density at radius 2 is 1.81 bits per heavy atom. The van der Waals surface area contributed by atoms with Gasteiger partial charge in [-0.15, -0.1) is 0 Å². The van der Waals surface area contributed by atoms with Gasteiger partial charge in [0, 0.05) is 22.8 Å². The molecule has 0 amide bonds. The topological polar surface area (TPSA) is 180 Å². The molecule has 2 bridgehead atoms. The first-order valence-corrected chi connectivity index (χ1v) is 12.3. The lowest BCUT2D eigenvalue weighted by atomic mass is 9.35. The number of carbonyl (C=O) groups excluding carboxylic acids is 3. The molecule has 11 heteroatoms. The van der Waals surface area contributed by atoms with Crippen molar-refractivity contribution >= 4 is 17.7 Å². The highest BCUT2D eigenvalue weighted by molar-refractivity contribution is 5.92. The zero-order valence-corrected chi connectivity index (χ0v) is 20.9. The molecule has 0 aromatic rings. The molecule has 5 N–H and O–H groups in total. The van der Waals surface area contributed by atoms with Crippen LogP contribution in [0.1, 0.15) is 41.0 Å². The Morgan fingerprint density at radius 3 is 2.42 bits per heavy atom. The van der Waals surface area contributed by atoms with Gasteiger partial charge in [0.2, 0.25) is 0 Å². The minimum absolute atomic E-state index is 0.0376. The number of esters is 2. The number of fused-ring (bicyclic) bond motifs is 2. The van der Waals surface area contributed by atoms with Crippen LogP contribution in [0, 0.1) is 28.6 Å². The van der Waals surface area contributed by atoms with Crippen LogP contribution in [0.2, 0.25) is 0 Å². The fourth-order valence-corrected chi connectivity index (χ4v) is 8.52. The number of hydrogen-bond donors (Lipinski definition) is 5. The molecular weight excluding hydrogens is 476 g/mol. The minimum Gasteiger partial charge on any atom is -0.456 e. The molecule has 0 unspecified atom stereocenters. The number of aliphatic hydroxyl groups is 5. The minimum atomic E-state index is -2.51. The number of ketones is 1. The maximum Gasteiger partial charge on any atom is 0.338 e. The third-order valence-corrected chi connectivity index (χ3v) is 10.3. The molecule has 36 heavy (non-hydrogen) atoms. The lowest BCUT2D eigenvalue weighted by molar-refractivity contribution is -0.362. The number of aliphatic hydroxyl groups excluding tert-OH is 4. The second-order valence-electron chi connectivity index (χ2n) is 11.6. The van der Waals surface area contributed by atoms with Crippen LogP contribution in [0.3, 0.4) is 0 Å². The summed E-state index contributed by atoms with van der Waals surface area (Å²) < 4.78 is 17.5. The Bertz CT molecular complexity index is 1060. The summed E-state index contributed by atoms with van der Waals surface area (Å²) in [5.41, 5.74) is -7.77. The lowest BCUT2D eigenvalue weighted by Crippen LogP contribution is -2.88. The van der Waals surface area contributed by atoms with E-state index in [4.69, 9.17) is 14.2 Å². The van der Waals surface area contributed by atoms with E-state index in [0.29, 0.717) is 0 Å². The standard InChI is InChI=1S/C25H34O11/c1-6-9(2)20(31)35-14-12-10(3)7-11(26)16(28)22(12,4)15-13(27)17(29)23(5)25(33)18(30)21(32)36-19(14)24(15,25)8-34-23/h6,10-15,17-19,26-27,29-30,33H,7-8H2,1-5H3/b9-6+/t10-,11+,12-,13-,14-,15-,17+,18+,19-,22+,23-,24+,25-/m1/s1. The molecule has 0 aromatic heterocycles. The molecule has 0 radical (unpaired) electrons. The third kappa shape index (κ3) is 2.52. The molecule has 1 spiro atoms.